The summed E-state index contributed by atoms with van der Waals surface area (Å²) in [6.07, 6.45) is 5.51. The predicted octanol–water partition coefficient (Wildman–Crippen LogP) is 2.52. The van der Waals surface area contributed by atoms with Gasteiger partial charge < -0.3 is 10.0 Å². The molecule has 0 atom stereocenters. The number of carbonyl (C=O) groups is 1. The van der Waals surface area contributed by atoms with Crippen LogP contribution >= 0.6 is 0 Å². The second-order valence-corrected chi connectivity index (χ2v) is 6.93. The third kappa shape index (κ3) is 4.33. The molecule has 0 spiro atoms. The van der Waals surface area contributed by atoms with Crippen molar-refractivity contribution in [2.45, 2.75) is 38.6 Å². The number of benzene rings is 1. The van der Waals surface area contributed by atoms with E-state index in [1.165, 1.54) is 31.5 Å². The maximum absolute atomic E-state index is 12.6. The van der Waals surface area contributed by atoms with E-state index < -0.39 is 0 Å². The summed E-state index contributed by atoms with van der Waals surface area (Å²) in [4.78, 5) is 17.0. The van der Waals surface area contributed by atoms with Gasteiger partial charge in [-0.1, -0.05) is 12.1 Å². The van der Waals surface area contributed by atoms with Gasteiger partial charge in [0.1, 0.15) is 0 Å². The fourth-order valence-corrected chi connectivity index (χ4v) is 3.74. The van der Waals surface area contributed by atoms with E-state index in [-0.39, 0.29) is 12.5 Å². The first-order valence-electron chi connectivity index (χ1n) is 8.97. The molecule has 2 aliphatic heterocycles. The zero-order valence-corrected chi connectivity index (χ0v) is 13.9. The molecule has 2 fully saturated rings. The molecular formula is C19H28N2O2. The van der Waals surface area contributed by atoms with Crippen molar-refractivity contribution in [3.05, 3.63) is 35.4 Å². The highest BCUT2D eigenvalue weighted by molar-refractivity contribution is 5.94. The van der Waals surface area contributed by atoms with Gasteiger partial charge in [-0.05, 0) is 68.8 Å². The summed E-state index contributed by atoms with van der Waals surface area (Å²) in [5.41, 5.74) is 2.10. The quantitative estimate of drug-likeness (QED) is 0.908. The number of carbonyl (C=O) groups excluding carboxylic acids is 1. The molecule has 1 amide bonds. The van der Waals surface area contributed by atoms with Gasteiger partial charge in [0.05, 0.1) is 0 Å². The minimum absolute atomic E-state index is 0.153. The maximum Gasteiger partial charge on any atom is 0.253 e. The van der Waals surface area contributed by atoms with Crippen LogP contribution in [0.1, 0.15) is 48.0 Å². The summed E-state index contributed by atoms with van der Waals surface area (Å²) in [7, 11) is 0. The first kappa shape index (κ1) is 16.5. The SMILES string of the molecule is O=C(c1ccc(CN2CCCC2)cc1)N1CCC(CCO)CC1. The Bertz CT molecular complexity index is 501. The average Bonchev–Trinajstić information content (AvgIpc) is 3.09. The second kappa shape index (κ2) is 7.93. The van der Waals surface area contributed by atoms with E-state index in [0.29, 0.717) is 5.92 Å². The van der Waals surface area contributed by atoms with E-state index in [1.54, 1.807) is 0 Å². The molecule has 0 unspecified atom stereocenters. The van der Waals surface area contributed by atoms with Crippen molar-refractivity contribution in [3.63, 3.8) is 0 Å². The van der Waals surface area contributed by atoms with E-state index in [4.69, 9.17) is 5.11 Å². The van der Waals surface area contributed by atoms with Crippen LogP contribution in [0.5, 0.6) is 0 Å². The smallest absolute Gasteiger partial charge is 0.253 e. The molecule has 0 saturated carbocycles. The second-order valence-electron chi connectivity index (χ2n) is 6.93. The number of likely N-dealkylation sites (tertiary alicyclic amines) is 2. The molecule has 2 heterocycles. The standard InChI is InChI=1S/C19H28N2O2/c22-14-9-16-7-12-21(13-8-16)19(23)18-5-3-17(4-6-18)15-20-10-1-2-11-20/h3-6,16,22H,1-2,7-15H2. The number of nitrogens with zero attached hydrogens (tertiary/aromatic N) is 2. The van der Waals surface area contributed by atoms with Crippen LogP contribution in [0.3, 0.4) is 0 Å². The summed E-state index contributed by atoms with van der Waals surface area (Å²) in [6, 6.07) is 8.16. The Kier molecular flexibility index (Phi) is 5.68. The zero-order valence-electron chi connectivity index (χ0n) is 13.9. The molecule has 0 aliphatic carbocycles. The molecule has 3 rings (SSSR count). The predicted molar refractivity (Wildman–Crippen MR) is 91.3 cm³/mol. The molecule has 0 radical (unpaired) electrons. The van der Waals surface area contributed by atoms with E-state index in [0.717, 1.165) is 44.5 Å². The molecule has 2 saturated heterocycles. The van der Waals surface area contributed by atoms with Gasteiger partial charge in [-0.15, -0.1) is 0 Å². The van der Waals surface area contributed by atoms with Crippen molar-refractivity contribution < 1.29 is 9.90 Å². The Labute approximate surface area is 139 Å². The first-order chi connectivity index (χ1) is 11.3. The van der Waals surface area contributed by atoms with Crippen LogP contribution in [0.2, 0.25) is 0 Å². The molecule has 1 aromatic rings. The summed E-state index contributed by atoms with van der Waals surface area (Å²) < 4.78 is 0. The maximum atomic E-state index is 12.6. The van der Waals surface area contributed by atoms with Gasteiger partial charge >= 0.3 is 0 Å². The number of piperidine rings is 1. The van der Waals surface area contributed by atoms with Crippen LogP contribution in [0, 0.1) is 5.92 Å². The van der Waals surface area contributed by atoms with Gasteiger partial charge in [-0.25, -0.2) is 0 Å². The van der Waals surface area contributed by atoms with Crippen molar-refractivity contribution in [2.24, 2.45) is 5.92 Å². The Morgan fingerprint density at radius 1 is 1.04 bits per heavy atom. The summed E-state index contributed by atoms with van der Waals surface area (Å²) in [5.74, 6) is 0.729. The van der Waals surface area contributed by atoms with Gasteiger partial charge in [-0.2, -0.15) is 0 Å². The lowest BCUT2D eigenvalue weighted by atomic mass is 9.93. The fraction of sp³-hybridized carbons (Fsp3) is 0.632. The summed E-state index contributed by atoms with van der Waals surface area (Å²) in [5, 5.41) is 9.02. The van der Waals surface area contributed by atoms with Crippen LogP contribution in [-0.2, 0) is 6.54 Å². The molecule has 0 bridgehead atoms. The highest BCUT2D eigenvalue weighted by Crippen LogP contribution is 2.22. The number of aliphatic hydroxyl groups excluding tert-OH is 1. The highest BCUT2D eigenvalue weighted by Gasteiger charge is 2.23. The topological polar surface area (TPSA) is 43.8 Å². The summed E-state index contributed by atoms with van der Waals surface area (Å²) in [6.45, 7) is 5.29. The molecular weight excluding hydrogens is 288 g/mol. The molecule has 23 heavy (non-hydrogen) atoms. The van der Waals surface area contributed by atoms with Crippen molar-refractivity contribution >= 4 is 5.91 Å². The number of amides is 1. The first-order valence-corrected chi connectivity index (χ1v) is 8.97. The normalized spacial score (nSPS) is 20.1. The van der Waals surface area contributed by atoms with E-state index in [2.05, 4.69) is 17.0 Å². The lowest BCUT2D eigenvalue weighted by molar-refractivity contribution is 0.0678. The van der Waals surface area contributed by atoms with Crippen molar-refractivity contribution in [3.8, 4) is 0 Å². The van der Waals surface area contributed by atoms with Crippen molar-refractivity contribution in [2.75, 3.05) is 32.8 Å². The largest absolute Gasteiger partial charge is 0.396 e. The van der Waals surface area contributed by atoms with Crippen molar-refractivity contribution in [1.29, 1.82) is 0 Å². The lowest BCUT2D eigenvalue weighted by Crippen LogP contribution is -2.38. The molecule has 4 nitrogen and oxygen atoms in total. The van der Waals surface area contributed by atoms with Crippen molar-refractivity contribution in [1.82, 2.24) is 9.80 Å². The van der Waals surface area contributed by atoms with E-state index in [9.17, 15) is 4.79 Å². The van der Waals surface area contributed by atoms with Gasteiger partial charge in [0.15, 0.2) is 0 Å². The Balaban J connectivity index is 1.53. The minimum Gasteiger partial charge on any atom is -0.396 e. The van der Waals surface area contributed by atoms with Crippen LogP contribution < -0.4 is 0 Å². The number of rotatable bonds is 5. The summed E-state index contributed by atoms with van der Waals surface area (Å²) >= 11 is 0. The van der Waals surface area contributed by atoms with Gasteiger partial charge in [0, 0.05) is 31.8 Å². The fourth-order valence-electron chi connectivity index (χ4n) is 3.74. The Morgan fingerprint density at radius 3 is 2.30 bits per heavy atom. The zero-order chi connectivity index (χ0) is 16.1. The number of hydrogen-bond acceptors (Lipinski definition) is 3. The lowest BCUT2D eigenvalue weighted by Gasteiger charge is -2.31. The van der Waals surface area contributed by atoms with Crippen LogP contribution in [0.25, 0.3) is 0 Å². The monoisotopic (exact) mass is 316 g/mol. The van der Waals surface area contributed by atoms with Gasteiger partial charge in [0.25, 0.3) is 5.91 Å². The van der Waals surface area contributed by atoms with E-state index in [1.807, 2.05) is 17.0 Å². The van der Waals surface area contributed by atoms with Gasteiger partial charge in [0.2, 0.25) is 0 Å². The number of aliphatic hydroxyl groups is 1. The van der Waals surface area contributed by atoms with Gasteiger partial charge in [-0.3, -0.25) is 9.69 Å². The Hall–Kier alpha value is -1.39. The van der Waals surface area contributed by atoms with Crippen LogP contribution in [0.15, 0.2) is 24.3 Å². The average molecular weight is 316 g/mol. The molecule has 1 aromatic carbocycles. The highest BCUT2D eigenvalue weighted by atomic mass is 16.3. The molecule has 0 aromatic heterocycles. The number of hydrogen-bond donors (Lipinski definition) is 1. The third-order valence-corrected chi connectivity index (χ3v) is 5.24. The minimum atomic E-state index is 0.153. The molecule has 126 valence electrons. The molecule has 1 N–H and O–H groups in total. The Morgan fingerprint density at radius 2 is 1.70 bits per heavy atom. The van der Waals surface area contributed by atoms with Crippen LogP contribution in [-0.4, -0.2) is 53.6 Å². The molecule has 2 aliphatic rings. The molecule has 4 heteroatoms. The van der Waals surface area contributed by atoms with E-state index >= 15 is 0 Å². The van der Waals surface area contributed by atoms with Crippen LogP contribution in [0.4, 0.5) is 0 Å². The third-order valence-electron chi connectivity index (χ3n) is 5.24.